The predicted molar refractivity (Wildman–Crippen MR) is 111 cm³/mol. The first kappa shape index (κ1) is 30.7. The summed E-state index contributed by atoms with van der Waals surface area (Å²) in [6.07, 6.45) is 1.22. The number of rotatable bonds is 11. The van der Waals surface area contributed by atoms with Crippen LogP contribution in [0.3, 0.4) is 0 Å². The van der Waals surface area contributed by atoms with Crippen LogP contribution in [0, 0.1) is 0 Å². The lowest BCUT2D eigenvalue weighted by atomic mass is 10.3. The van der Waals surface area contributed by atoms with Crippen molar-refractivity contribution in [2.75, 3.05) is 26.2 Å². The van der Waals surface area contributed by atoms with E-state index >= 15 is 0 Å². The van der Waals surface area contributed by atoms with Crippen LogP contribution in [0.25, 0.3) is 0 Å². The van der Waals surface area contributed by atoms with Crippen LogP contribution < -0.4 is 21.3 Å². The van der Waals surface area contributed by atoms with Gasteiger partial charge in [0, 0.05) is 37.3 Å². The van der Waals surface area contributed by atoms with Crippen LogP contribution in [-0.4, -0.2) is 50.3 Å². The molecule has 0 saturated carbocycles. The van der Waals surface area contributed by atoms with Crippen LogP contribution in [-0.2, 0) is 0 Å². The second kappa shape index (κ2) is 21.8. The third kappa shape index (κ3) is 39.0. The van der Waals surface area contributed by atoms with E-state index in [1.165, 1.54) is 6.42 Å². The van der Waals surface area contributed by atoms with E-state index < -0.39 is 0 Å². The Kier molecular flexibility index (Phi) is 29.1. The molecule has 0 radical (unpaired) electrons. The van der Waals surface area contributed by atoms with Crippen LogP contribution in [0.2, 0.25) is 0 Å². The fraction of sp³-hybridized carbons (Fsp3) is 1.00. The van der Waals surface area contributed by atoms with Crippen molar-refractivity contribution in [3.8, 4) is 0 Å². The molecule has 0 atom stereocenters. The van der Waals surface area contributed by atoms with Crippen molar-refractivity contribution in [3.63, 3.8) is 0 Å². The quantitative estimate of drug-likeness (QED) is 0.436. The van der Waals surface area contributed by atoms with Crippen LogP contribution in [0.5, 0.6) is 0 Å². The minimum absolute atomic E-state index is 0. The molecule has 4 heteroatoms. The molecule has 0 aliphatic heterocycles. The zero-order valence-corrected chi connectivity index (χ0v) is 15.8. The Balaban J connectivity index is -0.000000145. The molecular formula is C19H50N4. The molecule has 0 aliphatic rings. The maximum absolute atomic E-state index is 3.38. The summed E-state index contributed by atoms with van der Waals surface area (Å²) in [4.78, 5) is 0. The van der Waals surface area contributed by atoms with E-state index in [9.17, 15) is 0 Å². The molecule has 0 aromatic rings. The molecule has 0 aromatic carbocycles. The van der Waals surface area contributed by atoms with Gasteiger partial charge in [-0.3, -0.25) is 0 Å². The Morgan fingerprint density at radius 1 is 0.435 bits per heavy atom. The predicted octanol–water partition coefficient (Wildman–Crippen LogP) is 3.63. The van der Waals surface area contributed by atoms with Crippen LogP contribution >= 0.6 is 0 Å². The van der Waals surface area contributed by atoms with Gasteiger partial charge in [-0.2, -0.15) is 0 Å². The fourth-order valence-corrected chi connectivity index (χ4v) is 1.59. The summed E-state index contributed by atoms with van der Waals surface area (Å²) in [7, 11) is 0. The van der Waals surface area contributed by atoms with E-state index in [4.69, 9.17) is 0 Å². The summed E-state index contributed by atoms with van der Waals surface area (Å²) >= 11 is 0. The third-order valence-electron chi connectivity index (χ3n) is 2.69. The van der Waals surface area contributed by atoms with E-state index in [0.717, 1.165) is 26.2 Å². The van der Waals surface area contributed by atoms with Crippen LogP contribution in [0.1, 0.15) is 76.7 Å². The zero-order valence-electron chi connectivity index (χ0n) is 15.8. The van der Waals surface area contributed by atoms with Gasteiger partial charge in [-0.15, -0.1) is 0 Å². The minimum Gasteiger partial charge on any atom is -0.314 e. The summed E-state index contributed by atoms with van der Waals surface area (Å²) in [5.74, 6) is 0. The summed E-state index contributed by atoms with van der Waals surface area (Å²) in [5.41, 5.74) is 0. The number of hydrogen-bond donors (Lipinski definition) is 4. The second-order valence-corrected chi connectivity index (χ2v) is 6.79. The number of nitrogens with one attached hydrogen (secondary N) is 4. The van der Waals surface area contributed by atoms with Gasteiger partial charge in [0.15, 0.2) is 0 Å². The summed E-state index contributed by atoms with van der Waals surface area (Å²) < 4.78 is 0. The van der Waals surface area contributed by atoms with Crippen molar-refractivity contribution in [2.45, 2.75) is 101 Å². The van der Waals surface area contributed by atoms with Crippen molar-refractivity contribution in [1.29, 1.82) is 0 Å². The zero-order chi connectivity index (χ0) is 16.7. The van der Waals surface area contributed by atoms with E-state index in [-0.39, 0.29) is 14.9 Å². The van der Waals surface area contributed by atoms with Gasteiger partial charge >= 0.3 is 0 Å². The maximum Gasteiger partial charge on any atom is 0.00791 e. The molecule has 4 N–H and O–H groups in total. The molecule has 146 valence electrons. The van der Waals surface area contributed by atoms with E-state index in [0.29, 0.717) is 24.2 Å². The molecular weight excluding hydrogens is 284 g/mol. The molecule has 0 bridgehead atoms. The SMILES string of the molecule is C.C.CC(C)NCCCNC(C)C.CC(C)NCCNC(C)C. The number of hydrogen-bond acceptors (Lipinski definition) is 4. The maximum atomic E-state index is 3.38. The molecule has 0 fully saturated rings. The molecule has 0 saturated heterocycles. The molecule has 0 unspecified atom stereocenters. The standard InChI is InChI=1S/C9H22N2.C8H20N2.2CH4/c1-8(2)10-6-5-7-11-9(3)4;1-7(2)9-5-6-10-8(3)4;;/h8-11H,5-7H2,1-4H3;7-10H,5-6H2,1-4H3;2*1H4. The fourth-order valence-electron chi connectivity index (χ4n) is 1.59. The highest BCUT2D eigenvalue weighted by atomic mass is 15.0. The van der Waals surface area contributed by atoms with Gasteiger partial charge in [0.25, 0.3) is 0 Å². The van der Waals surface area contributed by atoms with Gasteiger partial charge in [-0.25, -0.2) is 0 Å². The Bertz CT molecular complexity index is 172. The van der Waals surface area contributed by atoms with Crippen molar-refractivity contribution in [2.24, 2.45) is 0 Å². The monoisotopic (exact) mass is 334 g/mol. The summed E-state index contributed by atoms with van der Waals surface area (Å²) in [6, 6.07) is 2.45. The Labute approximate surface area is 149 Å². The molecule has 0 heterocycles. The molecule has 23 heavy (non-hydrogen) atoms. The lowest BCUT2D eigenvalue weighted by Crippen LogP contribution is -2.34. The first-order valence-electron chi connectivity index (χ1n) is 8.69. The molecule has 4 nitrogen and oxygen atoms in total. The van der Waals surface area contributed by atoms with Gasteiger partial charge in [0.1, 0.15) is 0 Å². The van der Waals surface area contributed by atoms with Gasteiger partial charge in [0.05, 0.1) is 0 Å². The average molecular weight is 335 g/mol. The van der Waals surface area contributed by atoms with Crippen molar-refractivity contribution >= 4 is 0 Å². The molecule has 0 spiro atoms. The Morgan fingerprint density at radius 2 is 0.652 bits per heavy atom. The second-order valence-electron chi connectivity index (χ2n) is 6.79. The Hall–Kier alpha value is -0.160. The van der Waals surface area contributed by atoms with Gasteiger partial charge in [-0.05, 0) is 19.5 Å². The molecule has 0 aliphatic carbocycles. The van der Waals surface area contributed by atoms with Gasteiger partial charge in [-0.1, -0.05) is 70.2 Å². The van der Waals surface area contributed by atoms with E-state index in [1.54, 1.807) is 0 Å². The third-order valence-corrected chi connectivity index (χ3v) is 2.69. The van der Waals surface area contributed by atoms with E-state index in [1.807, 2.05) is 0 Å². The lowest BCUT2D eigenvalue weighted by Gasteiger charge is -2.10. The summed E-state index contributed by atoms with van der Waals surface area (Å²) in [5, 5.41) is 13.4. The highest BCUT2D eigenvalue weighted by molar-refractivity contribution is 4.58. The van der Waals surface area contributed by atoms with Gasteiger partial charge < -0.3 is 21.3 Å². The van der Waals surface area contributed by atoms with Crippen molar-refractivity contribution in [1.82, 2.24) is 21.3 Å². The van der Waals surface area contributed by atoms with Crippen molar-refractivity contribution in [3.05, 3.63) is 0 Å². The topological polar surface area (TPSA) is 48.1 Å². The largest absolute Gasteiger partial charge is 0.314 e. The molecule has 0 aromatic heterocycles. The highest BCUT2D eigenvalue weighted by Gasteiger charge is 1.93. The van der Waals surface area contributed by atoms with Crippen LogP contribution in [0.4, 0.5) is 0 Å². The van der Waals surface area contributed by atoms with Crippen molar-refractivity contribution < 1.29 is 0 Å². The van der Waals surface area contributed by atoms with Crippen LogP contribution in [0.15, 0.2) is 0 Å². The molecule has 0 rings (SSSR count). The normalized spacial score (nSPS) is 10.4. The first-order chi connectivity index (χ1) is 9.75. The highest BCUT2D eigenvalue weighted by Crippen LogP contribution is 1.81. The summed E-state index contributed by atoms with van der Waals surface area (Å²) in [6.45, 7) is 21.7. The minimum atomic E-state index is 0. The molecule has 0 amide bonds. The van der Waals surface area contributed by atoms with E-state index in [2.05, 4.69) is 76.7 Å². The first-order valence-corrected chi connectivity index (χ1v) is 8.69. The van der Waals surface area contributed by atoms with Gasteiger partial charge in [0.2, 0.25) is 0 Å². The Morgan fingerprint density at radius 3 is 0.870 bits per heavy atom. The average Bonchev–Trinajstić information content (AvgIpc) is 2.34. The lowest BCUT2D eigenvalue weighted by molar-refractivity contribution is 0.523. The smallest absolute Gasteiger partial charge is 0.00791 e.